The van der Waals surface area contributed by atoms with Crippen LogP contribution >= 0.6 is 11.3 Å². The van der Waals surface area contributed by atoms with E-state index in [2.05, 4.69) is 27.5 Å². The van der Waals surface area contributed by atoms with Crippen molar-refractivity contribution in [1.82, 2.24) is 15.6 Å². The van der Waals surface area contributed by atoms with Crippen molar-refractivity contribution in [1.29, 1.82) is 0 Å². The minimum atomic E-state index is -0.479. The summed E-state index contributed by atoms with van der Waals surface area (Å²) in [6.07, 6.45) is 4.45. The first-order valence-corrected chi connectivity index (χ1v) is 9.28. The second-order valence-electron chi connectivity index (χ2n) is 6.05. The number of benzene rings is 1. The second kappa shape index (κ2) is 7.91. The van der Waals surface area contributed by atoms with E-state index in [1.807, 2.05) is 6.20 Å². The normalized spacial score (nSPS) is 19.8. The number of hydrogen-bond acceptors (Lipinski definition) is 3. The largest absolute Gasteiger partial charge is 0.356 e. The van der Waals surface area contributed by atoms with E-state index < -0.39 is 11.6 Å². The summed E-state index contributed by atoms with van der Waals surface area (Å²) in [5.74, 6) is -0.456. The molecule has 7 heteroatoms. The quantitative estimate of drug-likeness (QED) is 0.611. The van der Waals surface area contributed by atoms with Crippen LogP contribution in [0.1, 0.15) is 34.7 Å². The molecule has 2 aromatic rings. The lowest BCUT2D eigenvalue weighted by atomic mass is 10.1. The number of aromatic nitrogens is 1. The molecule has 1 aliphatic rings. The summed E-state index contributed by atoms with van der Waals surface area (Å²) in [4.78, 5) is 9.86. The van der Waals surface area contributed by atoms with Crippen molar-refractivity contribution in [3.63, 3.8) is 0 Å². The molecule has 1 aromatic carbocycles. The minimum Gasteiger partial charge on any atom is -0.356 e. The predicted molar refractivity (Wildman–Crippen MR) is 97.2 cm³/mol. The Balaban J connectivity index is 1.49. The van der Waals surface area contributed by atoms with Gasteiger partial charge in [0.1, 0.15) is 11.6 Å². The van der Waals surface area contributed by atoms with Crippen LogP contribution in [-0.4, -0.2) is 30.6 Å². The van der Waals surface area contributed by atoms with Crippen LogP contribution in [0.25, 0.3) is 0 Å². The van der Waals surface area contributed by atoms with Gasteiger partial charge in [0.15, 0.2) is 5.96 Å². The highest BCUT2D eigenvalue weighted by atomic mass is 32.1. The van der Waals surface area contributed by atoms with E-state index in [0.29, 0.717) is 18.9 Å². The van der Waals surface area contributed by atoms with Crippen LogP contribution < -0.4 is 10.6 Å². The number of aryl methyl sites for hydroxylation is 1. The summed E-state index contributed by atoms with van der Waals surface area (Å²) in [5, 5.41) is 7.57. The van der Waals surface area contributed by atoms with Crippen molar-refractivity contribution >= 4 is 17.3 Å². The molecule has 0 saturated heterocycles. The molecule has 4 nitrogen and oxygen atoms in total. The van der Waals surface area contributed by atoms with Crippen molar-refractivity contribution in [2.75, 3.05) is 13.6 Å². The average Bonchev–Trinajstić information content (AvgIpc) is 3.18. The Bertz CT molecular complexity index is 739. The molecule has 1 aliphatic carbocycles. The number of guanidine groups is 1. The molecule has 0 amide bonds. The van der Waals surface area contributed by atoms with E-state index in [1.54, 1.807) is 18.4 Å². The highest BCUT2D eigenvalue weighted by Gasteiger charge is 2.42. The molecule has 2 atom stereocenters. The molecule has 1 fully saturated rings. The first-order valence-electron chi connectivity index (χ1n) is 8.47. The lowest BCUT2D eigenvalue weighted by molar-refractivity contribution is 0.553. The molecule has 25 heavy (non-hydrogen) atoms. The van der Waals surface area contributed by atoms with Gasteiger partial charge in [-0.1, -0.05) is 13.0 Å². The monoisotopic (exact) mass is 364 g/mol. The van der Waals surface area contributed by atoms with Gasteiger partial charge in [0.25, 0.3) is 0 Å². The Labute approximate surface area is 150 Å². The van der Waals surface area contributed by atoms with Gasteiger partial charge in [0.2, 0.25) is 0 Å². The van der Waals surface area contributed by atoms with Crippen molar-refractivity contribution in [2.45, 2.75) is 38.1 Å². The molecule has 1 heterocycles. The first-order chi connectivity index (χ1) is 12.1. The van der Waals surface area contributed by atoms with Crippen molar-refractivity contribution < 1.29 is 8.78 Å². The Morgan fingerprint density at radius 2 is 2.12 bits per heavy atom. The zero-order chi connectivity index (χ0) is 17.8. The third kappa shape index (κ3) is 4.34. The zero-order valence-corrected chi connectivity index (χ0v) is 15.2. The Kier molecular flexibility index (Phi) is 5.63. The van der Waals surface area contributed by atoms with Crippen LogP contribution in [0.2, 0.25) is 0 Å². The van der Waals surface area contributed by atoms with E-state index >= 15 is 0 Å². The van der Waals surface area contributed by atoms with Gasteiger partial charge in [-0.05, 0) is 25.0 Å². The molecule has 2 N–H and O–H groups in total. The predicted octanol–water partition coefficient (Wildman–Crippen LogP) is 3.25. The fraction of sp³-hybridized carbons (Fsp3) is 0.444. The second-order valence-corrected chi connectivity index (χ2v) is 7.25. The summed E-state index contributed by atoms with van der Waals surface area (Å²) in [7, 11) is 1.69. The molecule has 0 spiro atoms. The number of nitrogens with zero attached hydrogens (tertiary/aromatic N) is 2. The average molecular weight is 364 g/mol. The van der Waals surface area contributed by atoms with Gasteiger partial charge in [-0.25, -0.2) is 13.8 Å². The molecule has 3 rings (SSSR count). The molecular weight excluding hydrogens is 342 g/mol. The molecule has 0 radical (unpaired) electrons. The Hall–Kier alpha value is -2.02. The van der Waals surface area contributed by atoms with Crippen LogP contribution in [-0.2, 0) is 12.8 Å². The number of thiazole rings is 1. The van der Waals surface area contributed by atoms with E-state index in [1.165, 1.54) is 23.1 Å². The minimum absolute atomic E-state index is 0.00385. The number of hydrogen-bond donors (Lipinski definition) is 2. The molecule has 2 unspecified atom stereocenters. The van der Waals surface area contributed by atoms with Gasteiger partial charge in [-0.2, -0.15) is 0 Å². The van der Waals surface area contributed by atoms with E-state index in [0.717, 1.165) is 17.8 Å². The topological polar surface area (TPSA) is 49.3 Å². The summed E-state index contributed by atoms with van der Waals surface area (Å²) >= 11 is 1.72. The molecule has 0 bridgehead atoms. The number of rotatable bonds is 6. The highest BCUT2D eigenvalue weighted by Crippen LogP contribution is 2.42. The van der Waals surface area contributed by atoms with Crippen LogP contribution in [0.3, 0.4) is 0 Å². The van der Waals surface area contributed by atoms with Crippen molar-refractivity contribution in [3.05, 3.63) is 51.5 Å². The molecular formula is C18H22F2N4S. The third-order valence-corrected chi connectivity index (χ3v) is 5.49. The van der Waals surface area contributed by atoms with Crippen LogP contribution in [0.5, 0.6) is 0 Å². The maximum Gasteiger partial charge on any atom is 0.191 e. The van der Waals surface area contributed by atoms with E-state index in [-0.39, 0.29) is 17.5 Å². The Morgan fingerprint density at radius 1 is 1.36 bits per heavy atom. The maximum absolute atomic E-state index is 13.8. The van der Waals surface area contributed by atoms with Crippen LogP contribution in [0.15, 0.2) is 29.4 Å². The van der Waals surface area contributed by atoms with Gasteiger partial charge in [0, 0.05) is 48.6 Å². The standard InChI is InChI=1S/C18H22F2N4S/c1-3-11-10-23-16(25-11)7-8-22-18(21-2)24-15-9-12(15)17-13(19)5-4-6-14(17)20/h4-6,10,12,15H,3,7-9H2,1-2H3,(H2,21,22,24). The van der Waals surface area contributed by atoms with Gasteiger partial charge < -0.3 is 10.6 Å². The Morgan fingerprint density at radius 3 is 2.76 bits per heavy atom. The van der Waals surface area contributed by atoms with Crippen molar-refractivity contribution in [2.24, 2.45) is 4.99 Å². The molecule has 1 aromatic heterocycles. The summed E-state index contributed by atoms with van der Waals surface area (Å²) < 4.78 is 27.7. The molecule has 1 saturated carbocycles. The summed E-state index contributed by atoms with van der Waals surface area (Å²) in [5.41, 5.74) is 0.172. The van der Waals surface area contributed by atoms with Crippen LogP contribution in [0.4, 0.5) is 8.78 Å². The van der Waals surface area contributed by atoms with Gasteiger partial charge in [-0.15, -0.1) is 11.3 Å². The molecule has 0 aliphatic heterocycles. The fourth-order valence-corrected chi connectivity index (χ4v) is 3.69. The van der Waals surface area contributed by atoms with Gasteiger partial charge in [0.05, 0.1) is 5.01 Å². The zero-order valence-electron chi connectivity index (χ0n) is 14.4. The van der Waals surface area contributed by atoms with E-state index in [4.69, 9.17) is 0 Å². The summed E-state index contributed by atoms with van der Waals surface area (Å²) in [6, 6.07) is 4.00. The molecule has 134 valence electrons. The summed E-state index contributed by atoms with van der Waals surface area (Å²) in [6.45, 7) is 2.83. The van der Waals surface area contributed by atoms with Crippen LogP contribution in [0, 0.1) is 11.6 Å². The number of nitrogens with one attached hydrogen (secondary N) is 2. The number of halogens is 2. The SMILES string of the molecule is CCc1cnc(CCNC(=NC)NC2CC2c2c(F)cccc2F)s1. The van der Waals surface area contributed by atoms with Gasteiger partial charge in [-0.3, -0.25) is 4.99 Å². The number of aliphatic imine (C=N–C) groups is 1. The first kappa shape index (κ1) is 17.8. The van der Waals surface area contributed by atoms with E-state index in [9.17, 15) is 8.78 Å². The lowest BCUT2D eigenvalue weighted by Crippen LogP contribution is -2.40. The third-order valence-electron chi connectivity index (χ3n) is 4.29. The smallest absolute Gasteiger partial charge is 0.191 e. The van der Waals surface area contributed by atoms with Gasteiger partial charge >= 0.3 is 0 Å². The maximum atomic E-state index is 13.8. The van der Waals surface area contributed by atoms with Crippen molar-refractivity contribution in [3.8, 4) is 0 Å². The lowest BCUT2D eigenvalue weighted by Gasteiger charge is -2.11. The highest BCUT2D eigenvalue weighted by molar-refractivity contribution is 7.11. The fourth-order valence-electron chi connectivity index (χ4n) is 2.82.